The Bertz CT molecular complexity index is 884. The molecule has 2 amide bonds. The van der Waals surface area contributed by atoms with Gasteiger partial charge in [-0.25, -0.2) is 9.78 Å². The zero-order valence-corrected chi connectivity index (χ0v) is 17.5. The summed E-state index contributed by atoms with van der Waals surface area (Å²) in [6.07, 6.45) is 0.320. The summed E-state index contributed by atoms with van der Waals surface area (Å²) in [5.74, 6) is -1.56. The second-order valence-electron chi connectivity index (χ2n) is 6.99. The number of nitrogens with one attached hydrogen (secondary N) is 2. The first-order valence-corrected chi connectivity index (χ1v) is 9.55. The van der Waals surface area contributed by atoms with Gasteiger partial charge in [0.2, 0.25) is 0 Å². The van der Waals surface area contributed by atoms with Crippen LogP contribution in [0, 0.1) is 12.8 Å². The summed E-state index contributed by atoms with van der Waals surface area (Å²) in [5.41, 5.74) is 1.38. The largest absolute Gasteiger partial charge is 0.451 e. The predicted octanol–water partition coefficient (Wildman–Crippen LogP) is 3.37. The van der Waals surface area contributed by atoms with E-state index in [0.29, 0.717) is 10.6 Å². The molecule has 2 atom stereocenters. The molecule has 2 N–H and O–H groups in total. The first-order valence-electron chi connectivity index (χ1n) is 9.18. The van der Waals surface area contributed by atoms with Crippen molar-refractivity contribution in [1.82, 2.24) is 10.3 Å². The Balaban J connectivity index is 1.99. The van der Waals surface area contributed by atoms with Crippen LogP contribution < -0.4 is 10.6 Å². The van der Waals surface area contributed by atoms with Crippen LogP contribution in [0.25, 0.3) is 0 Å². The predicted molar refractivity (Wildman–Crippen MR) is 111 cm³/mol. The summed E-state index contributed by atoms with van der Waals surface area (Å²) in [5, 5.41) is 5.67. The van der Waals surface area contributed by atoms with Crippen molar-refractivity contribution in [2.45, 2.75) is 39.8 Å². The number of carbonyl (C=O) groups is 3. The van der Waals surface area contributed by atoms with Gasteiger partial charge in [0.05, 0.1) is 5.02 Å². The second kappa shape index (κ2) is 10.0. The number of esters is 1. The summed E-state index contributed by atoms with van der Waals surface area (Å²) in [4.78, 5) is 41.3. The molecule has 0 bridgehead atoms. The Morgan fingerprint density at radius 3 is 2.41 bits per heavy atom. The SMILES string of the molecule is Cc1cccc(C(=O)N[C@H](C(=O)OC(C)C(=O)Nc2ccc(Cl)cn2)C(C)C)c1. The molecule has 0 aliphatic rings. The van der Waals surface area contributed by atoms with Crippen LogP contribution in [0.1, 0.15) is 36.7 Å². The second-order valence-corrected chi connectivity index (χ2v) is 7.43. The number of carbonyl (C=O) groups excluding carboxylic acids is 3. The quantitative estimate of drug-likeness (QED) is 0.673. The van der Waals surface area contributed by atoms with Crippen LogP contribution >= 0.6 is 11.6 Å². The van der Waals surface area contributed by atoms with Crippen LogP contribution in [0.15, 0.2) is 42.6 Å². The highest BCUT2D eigenvalue weighted by atomic mass is 35.5. The molecule has 0 fully saturated rings. The fourth-order valence-electron chi connectivity index (χ4n) is 2.49. The first kappa shape index (κ1) is 22.4. The van der Waals surface area contributed by atoms with Gasteiger partial charge >= 0.3 is 5.97 Å². The lowest BCUT2D eigenvalue weighted by Crippen LogP contribution is -2.47. The third-order valence-electron chi connectivity index (χ3n) is 4.13. The van der Waals surface area contributed by atoms with Crippen LogP contribution in [-0.2, 0) is 14.3 Å². The minimum absolute atomic E-state index is 0.232. The van der Waals surface area contributed by atoms with Crippen molar-refractivity contribution in [2.75, 3.05) is 5.32 Å². The fraction of sp³-hybridized carbons (Fsp3) is 0.333. The van der Waals surface area contributed by atoms with E-state index in [1.807, 2.05) is 13.0 Å². The van der Waals surface area contributed by atoms with Crippen LogP contribution in [0.3, 0.4) is 0 Å². The van der Waals surface area contributed by atoms with Crippen molar-refractivity contribution in [1.29, 1.82) is 0 Å². The van der Waals surface area contributed by atoms with E-state index in [-0.39, 0.29) is 17.6 Å². The Labute approximate surface area is 174 Å². The maximum atomic E-state index is 12.6. The number of nitrogens with zero attached hydrogens (tertiary/aromatic N) is 1. The van der Waals surface area contributed by atoms with Gasteiger partial charge in [-0.1, -0.05) is 43.1 Å². The number of benzene rings is 1. The molecule has 1 aromatic carbocycles. The minimum atomic E-state index is -1.07. The van der Waals surface area contributed by atoms with E-state index in [1.165, 1.54) is 19.2 Å². The lowest BCUT2D eigenvalue weighted by Gasteiger charge is -2.23. The average Bonchev–Trinajstić information content (AvgIpc) is 2.67. The van der Waals surface area contributed by atoms with Crippen molar-refractivity contribution >= 4 is 35.2 Å². The number of aryl methyl sites for hydroxylation is 1. The van der Waals surface area contributed by atoms with Gasteiger partial charge < -0.3 is 15.4 Å². The Hall–Kier alpha value is -2.93. The molecule has 2 rings (SSSR count). The van der Waals surface area contributed by atoms with Crippen molar-refractivity contribution < 1.29 is 19.1 Å². The third kappa shape index (κ3) is 6.57. The smallest absolute Gasteiger partial charge is 0.329 e. The number of hydrogen-bond acceptors (Lipinski definition) is 5. The molecule has 0 saturated heterocycles. The zero-order valence-electron chi connectivity index (χ0n) is 16.7. The van der Waals surface area contributed by atoms with E-state index in [0.717, 1.165) is 5.56 Å². The van der Waals surface area contributed by atoms with Crippen LogP contribution in [-0.4, -0.2) is 34.9 Å². The number of rotatable bonds is 7. The van der Waals surface area contributed by atoms with Crippen molar-refractivity contribution in [2.24, 2.45) is 5.92 Å². The van der Waals surface area contributed by atoms with E-state index < -0.39 is 24.0 Å². The molecule has 0 spiro atoms. The average molecular weight is 418 g/mol. The lowest BCUT2D eigenvalue weighted by molar-refractivity contribution is -0.156. The molecule has 0 aliphatic carbocycles. The number of hydrogen-bond donors (Lipinski definition) is 2. The number of pyridine rings is 1. The van der Waals surface area contributed by atoms with E-state index >= 15 is 0 Å². The molecule has 0 saturated carbocycles. The number of aromatic nitrogens is 1. The molecule has 0 radical (unpaired) electrons. The van der Waals surface area contributed by atoms with E-state index in [1.54, 1.807) is 38.1 Å². The van der Waals surface area contributed by atoms with Crippen molar-refractivity contribution in [3.63, 3.8) is 0 Å². The molecule has 154 valence electrons. The molecule has 1 unspecified atom stereocenters. The van der Waals surface area contributed by atoms with E-state index in [4.69, 9.17) is 16.3 Å². The van der Waals surface area contributed by atoms with Crippen molar-refractivity contribution in [3.05, 3.63) is 58.7 Å². The van der Waals surface area contributed by atoms with Crippen LogP contribution in [0.5, 0.6) is 0 Å². The molecule has 1 aromatic heterocycles. The highest BCUT2D eigenvalue weighted by molar-refractivity contribution is 6.30. The number of amides is 2. The molecular formula is C21H24ClN3O4. The molecule has 7 nitrogen and oxygen atoms in total. The maximum absolute atomic E-state index is 12.6. The Morgan fingerprint density at radius 2 is 1.83 bits per heavy atom. The summed E-state index contributed by atoms with van der Waals surface area (Å²) >= 11 is 5.76. The Kier molecular flexibility index (Phi) is 7.73. The fourth-order valence-corrected chi connectivity index (χ4v) is 2.60. The minimum Gasteiger partial charge on any atom is -0.451 e. The summed E-state index contributed by atoms with van der Waals surface area (Å²) < 4.78 is 5.27. The lowest BCUT2D eigenvalue weighted by atomic mass is 10.0. The number of halogens is 1. The van der Waals surface area contributed by atoms with Gasteiger partial charge in [-0.05, 0) is 44.0 Å². The molecule has 0 aliphatic heterocycles. The third-order valence-corrected chi connectivity index (χ3v) is 4.35. The van der Waals surface area contributed by atoms with Gasteiger partial charge in [-0.2, -0.15) is 0 Å². The van der Waals surface area contributed by atoms with Gasteiger partial charge in [0, 0.05) is 11.8 Å². The highest BCUT2D eigenvalue weighted by Gasteiger charge is 2.29. The summed E-state index contributed by atoms with van der Waals surface area (Å²) in [6, 6.07) is 9.26. The molecular weight excluding hydrogens is 394 g/mol. The standard InChI is InChI=1S/C21H24ClN3O4/c1-12(2)18(25-20(27)15-7-5-6-13(3)10-15)21(28)29-14(4)19(26)24-17-9-8-16(22)11-23-17/h5-12,14,18H,1-4H3,(H,25,27)(H,23,24,26)/t14?,18-/m0/s1. The van der Waals surface area contributed by atoms with E-state index in [9.17, 15) is 14.4 Å². The maximum Gasteiger partial charge on any atom is 0.329 e. The molecule has 8 heteroatoms. The summed E-state index contributed by atoms with van der Waals surface area (Å²) in [6.45, 7) is 6.89. The number of anilines is 1. The Morgan fingerprint density at radius 1 is 1.10 bits per heavy atom. The van der Waals surface area contributed by atoms with Gasteiger partial charge in [-0.3, -0.25) is 9.59 Å². The van der Waals surface area contributed by atoms with Gasteiger partial charge in [0.25, 0.3) is 11.8 Å². The van der Waals surface area contributed by atoms with Gasteiger partial charge in [0.1, 0.15) is 11.9 Å². The molecule has 2 aromatic rings. The van der Waals surface area contributed by atoms with Gasteiger partial charge in [-0.15, -0.1) is 0 Å². The normalized spacial score (nSPS) is 12.8. The van der Waals surface area contributed by atoms with E-state index in [2.05, 4.69) is 15.6 Å². The molecule has 1 heterocycles. The monoisotopic (exact) mass is 417 g/mol. The van der Waals surface area contributed by atoms with Crippen molar-refractivity contribution in [3.8, 4) is 0 Å². The highest BCUT2D eigenvalue weighted by Crippen LogP contribution is 2.12. The van der Waals surface area contributed by atoms with Gasteiger partial charge in [0.15, 0.2) is 6.10 Å². The molecule has 29 heavy (non-hydrogen) atoms. The first-order chi connectivity index (χ1) is 13.7. The zero-order chi connectivity index (χ0) is 21.6. The topological polar surface area (TPSA) is 97.4 Å². The van der Waals surface area contributed by atoms with Crippen LogP contribution in [0.4, 0.5) is 5.82 Å². The summed E-state index contributed by atoms with van der Waals surface area (Å²) in [7, 11) is 0. The number of ether oxygens (including phenoxy) is 1. The van der Waals surface area contributed by atoms with Crippen LogP contribution in [0.2, 0.25) is 5.02 Å².